The number of rotatable bonds is 7. The Kier molecular flexibility index (Phi) is 6.24. The Morgan fingerprint density at radius 3 is 2.39 bits per heavy atom. The van der Waals surface area contributed by atoms with Gasteiger partial charge < -0.3 is 14.8 Å². The van der Waals surface area contributed by atoms with Crippen LogP contribution in [-0.2, 0) is 9.53 Å². The van der Waals surface area contributed by atoms with E-state index in [-0.39, 0.29) is 5.97 Å². The molecule has 0 aliphatic heterocycles. The molecule has 0 aliphatic rings. The van der Waals surface area contributed by atoms with Crippen LogP contribution in [0, 0.1) is 0 Å². The number of ether oxygens (including phenoxy) is 2. The van der Waals surface area contributed by atoms with Gasteiger partial charge in [-0.05, 0) is 42.8 Å². The van der Waals surface area contributed by atoms with Gasteiger partial charge in [0.2, 0.25) is 0 Å². The Hall–Kier alpha value is -2.75. The number of carbonyl (C=O) groups excluding carboxylic acids is 1. The zero-order valence-corrected chi connectivity index (χ0v) is 13.4. The number of methoxy groups -OCH3 is 1. The lowest BCUT2D eigenvalue weighted by atomic mass is 10.1. The first-order valence-corrected chi connectivity index (χ1v) is 7.53. The maximum absolute atomic E-state index is 12.1. The molecular formula is C19H21NO3. The van der Waals surface area contributed by atoms with Crippen LogP contribution in [0.2, 0.25) is 0 Å². The molecule has 0 atom stereocenters. The molecule has 2 rings (SSSR count). The SMILES string of the molecule is CCOC(=O)/C(=C/c1ccccc1)CNc1ccc(OC)cc1. The molecule has 0 saturated carbocycles. The van der Waals surface area contributed by atoms with Gasteiger partial charge >= 0.3 is 5.97 Å². The number of benzene rings is 2. The molecule has 0 aliphatic carbocycles. The second kappa shape index (κ2) is 8.63. The van der Waals surface area contributed by atoms with Gasteiger partial charge in [-0.15, -0.1) is 0 Å². The summed E-state index contributed by atoms with van der Waals surface area (Å²) in [5.41, 5.74) is 2.45. The molecule has 2 aromatic carbocycles. The van der Waals surface area contributed by atoms with E-state index >= 15 is 0 Å². The smallest absolute Gasteiger partial charge is 0.335 e. The van der Waals surface area contributed by atoms with Crippen molar-refractivity contribution in [1.82, 2.24) is 0 Å². The van der Waals surface area contributed by atoms with Gasteiger partial charge in [-0.25, -0.2) is 4.79 Å². The van der Waals surface area contributed by atoms with Crippen molar-refractivity contribution in [1.29, 1.82) is 0 Å². The fourth-order valence-electron chi connectivity index (χ4n) is 2.06. The molecule has 0 unspecified atom stereocenters. The highest BCUT2D eigenvalue weighted by Crippen LogP contribution is 2.16. The van der Waals surface area contributed by atoms with Crippen molar-refractivity contribution in [3.8, 4) is 5.75 Å². The molecule has 1 N–H and O–H groups in total. The molecule has 2 aromatic rings. The van der Waals surface area contributed by atoms with E-state index in [4.69, 9.17) is 9.47 Å². The van der Waals surface area contributed by atoms with Gasteiger partial charge in [0.1, 0.15) is 5.75 Å². The monoisotopic (exact) mass is 311 g/mol. The minimum Gasteiger partial charge on any atom is -0.497 e. The van der Waals surface area contributed by atoms with Crippen LogP contribution in [0.3, 0.4) is 0 Å². The number of hydrogen-bond donors (Lipinski definition) is 1. The molecule has 0 bridgehead atoms. The zero-order valence-electron chi connectivity index (χ0n) is 13.4. The van der Waals surface area contributed by atoms with Gasteiger partial charge in [0, 0.05) is 12.2 Å². The Morgan fingerprint density at radius 2 is 1.78 bits per heavy atom. The lowest BCUT2D eigenvalue weighted by molar-refractivity contribution is -0.138. The van der Waals surface area contributed by atoms with Gasteiger partial charge in [-0.1, -0.05) is 30.3 Å². The maximum Gasteiger partial charge on any atom is 0.335 e. The highest BCUT2D eigenvalue weighted by atomic mass is 16.5. The zero-order chi connectivity index (χ0) is 16.5. The minimum atomic E-state index is -0.308. The molecule has 0 heterocycles. The summed E-state index contributed by atoms with van der Waals surface area (Å²) in [6.45, 7) is 2.54. The summed E-state index contributed by atoms with van der Waals surface area (Å²) in [5, 5.41) is 3.23. The van der Waals surface area contributed by atoms with Gasteiger partial charge in [-0.3, -0.25) is 0 Å². The molecule has 4 heteroatoms. The lowest BCUT2D eigenvalue weighted by Gasteiger charge is -2.10. The largest absolute Gasteiger partial charge is 0.497 e. The summed E-state index contributed by atoms with van der Waals surface area (Å²) < 4.78 is 10.3. The number of carbonyl (C=O) groups is 1. The van der Waals surface area contributed by atoms with E-state index in [0.29, 0.717) is 18.7 Å². The van der Waals surface area contributed by atoms with E-state index in [0.717, 1.165) is 17.0 Å². The summed E-state index contributed by atoms with van der Waals surface area (Å²) in [7, 11) is 1.63. The molecule has 0 aromatic heterocycles. The van der Waals surface area contributed by atoms with E-state index in [9.17, 15) is 4.79 Å². The first kappa shape index (κ1) is 16.6. The fraction of sp³-hybridized carbons (Fsp3) is 0.211. The first-order chi connectivity index (χ1) is 11.2. The third-order valence-electron chi connectivity index (χ3n) is 3.25. The van der Waals surface area contributed by atoms with E-state index < -0.39 is 0 Å². The quantitative estimate of drug-likeness (QED) is 0.625. The number of hydrogen-bond acceptors (Lipinski definition) is 4. The first-order valence-electron chi connectivity index (χ1n) is 7.53. The molecule has 0 saturated heterocycles. The van der Waals surface area contributed by atoms with Crippen LogP contribution < -0.4 is 10.1 Å². The third-order valence-corrected chi connectivity index (χ3v) is 3.25. The molecule has 0 fully saturated rings. The van der Waals surface area contributed by atoms with Crippen molar-refractivity contribution >= 4 is 17.7 Å². The summed E-state index contributed by atoms with van der Waals surface area (Å²) >= 11 is 0. The minimum absolute atomic E-state index is 0.308. The highest BCUT2D eigenvalue weighted by molar-refractivity contribution is 5.94. The summed E-state index contributed by atoms with van der Waals surface area (Å²) in [6.07, 6.45) is 1.84. The van der Waals surface area contributed by atoms with Crippen molar-refractivity contribution in [3.05, 3.63) is 65.7 Å². The fourth-order valence-corrected chi connectivity index (χ4v) is 2.06. The topological polar surface area (TPSA) is 47.6 Å². The van der Waals surface area contributed by atoms with Crippen LogP contribution in [0.15, 0.2) is 60.2 Å². The Bertz CT molecular complexity index is 648. The summed E-state index contributed by atoms with van der Waals surface area (Å²) in [4.78, 5) is 12.1. The standard InChI is InChI=1S/C19H21NO3/c1-3-23-19(21)16(13-15-7-5-4-6-8-15)14-20-17-9-11-18(22-2)12-10-17/h4-13,20H,3,14H2,1-2H3/b16-13+. The van der Waals surface area contributed by atoms with Gasteiger partial charge in [0.15, 0.2) is 0 Å². The van der Waals surface area contributed by atoms with E-state index in [2.05, 4.69) is 5.32 Å². The second-order valence-electron chi connectivity index (χ2n) is 4.88. The summed E-state index contributed by atoms with van der Waals surface area (Å²) in [5.74, 6) is 0.485. The average molecular weight is 311 g/mol. The molecule has 0 radical (unpaired) electrons. The van der Waals surface area contributed by atoms with Crippen LogP contribution in [0.4, 0.5) is 5.69 Å². The van der Waals surface area contributed by atoms with E-state index in [1.54, 1.807) is 14.0 Å². The lowest BCUT2D eigenvalue weighted by Crippen LogP contribution is -2.15. The Morgan fingerprint density at radius 1 is 1.09 bits per heavy atom. The molecule has 0 spiro atoms. The molecular weight excluding hydrogens is 290 g/mol. The normalized spacial score (nSPS) is 11.0. The maximum atomic E-state index is 12.1. The van der Waals surface area contributed by atoms with Gasteiger partial charge in [0.05, 0.1) is 19.3 Å². The molecule has 120 valence electrons. The highest BCUT2D eigenvalue weighted by Gasteiger charge is 2.10. The van der Waals surface area contributed by atoms with Crippen LogP contribution >= 0.6 is 0 Å². The van der Waals surface area contributed by atoms with Crippen LogP contribution in [0.25, 0.3) is 6.08 Å². The Balaban J connectivity index is 2.10. The van der Waals surface area contributed by atoms with E-state index in [1.165, 1.54) is 0 Å². The van der Waals surface area contributed by atoms with Gasteiger partial charge in [-0.2, -0.15) is 0 Å². The predicted octanol–water partition coefficient (Wildman–Crippen LogP) is 3.75. The average Bonchev–Trinajstić information content (AvgIpc) is 2.60. The third kappa shape index (κ3) is 5.18. The van der Waals surface area contributed by atoms with Crippen molar-refractivity contribution in [3.63, 3.8) is 0 Å². The predicted molar refractivity (Wildman–Crippen MR) is 92.5 cm³/mol. The van der Waals surface area contributed by atoms with Crippen LogP contribution in [0.5, 0.6) is 5.75 Å². The Labute approximate surface area is 136 Å². The molecule has 4 nitrogen and oxygen atoms in total. The van der Waals surface area contributed by atoms with Crippen molar-refractivity contribution < 1.29 is 14.3 Å². The number of nitrogens with one attached hydrogen (secondary N) is 1. The van der Waals surface area contributed by atoms with Crippen molar-refractivity contribution in [2.75, 3.05) is 25.6 Å². The van der Waals surface area contributed by atoms with Crippen molar-refractivity contribution in [2.24, 2.45) is 0 Å². The van der Waals surface area contributed by atoms with Crippen molar-refractivity contribution in [2.45, 2.75) is 6.92 Å². The van der Waals surface area contributed by atoms with E-state index in [1.807, 2.05) is 60.7 Å². The second-order valence-corrected chi connectivity index (χ2v) is 4.88. The molecule has 23 heavy (non-hydrogen) atoms. The summed E-state index contributed by atoms with van der Waals surface area (Å²) in [6, 6.07) is 17.3. The van der Waals surface area contributed by atoms with Gasteiger partial charge in [0.25, 0.3) is 0 Å². The molecule has 0 amide bonds. The number of esters is 1. The van der Waals surface area contributed by atoms with Crippen LogP contribution in [0.1, 0.15) is 12.5 Å². The van der Waals surface area contributed by atoms with Crippen LogP contribution in [-0.4, -0.2) is 26.2 Å². The number of anilines is 1.